The molecule has 7 N–H and O–H groups in total. The first kappa shape index (κ1) is 57.0. The Bertz CT molecular complexity index is 3660. The van der Waals surface area contributed by atoms with Gasteiger partial charge < -0.3 is 25.2 Å². The SMILES string of the molecule is CCSc1nnc(N=Nc2cc(OCCCS(=O)(=O)O)c(N=Nc3ccc4c(S(=O)(=O)O)c(N=Nc5c(C)nn(-c6cc(S(=O)(=O)O)cc(C(=O)O)c6O)c5O)ccc4c3O)cc2C)s1.O=C=O.O=S(=O)=O. The summed E-state index contributed by atoms with van der Waals surface area (Å²) in [5.41, 5.74) is -2.19. The summed E-state index contributed by atoms with van der Waals surface area (Å²) < 4.78 is 133. The number of aromatic nitrogens is 4. The van der Waals surface area contributed by atoms with Crippen molar-refractivity contribution in [2.24, 2.45) is 30.7 Å². The van der Waals surface area contributed by atoms with Crippen molar-refractivity contribution in [2.75, 3.05) is 18.1 Å². The van der Waals surface area contributed by atoms with E-state index in [0.29, 0.717) is 32.4 Å². The predicted octanol–water partition coefficient (Wildman–Crippen LogP) is 6.23. The molecule has 0 aliphatic rings. The second-order valence-electron chi connectivity index (χ2n) is 13.5. The number of benzene rings is 4. The van der Waals surface area contributed by atoms with Crippen molar-refractivity contribution < 1.29 is 91.1 Å². The van der Waals surface area contributed by atoms with Gasteiger partial charge >= 0.3 is 22.7 Å². The van der Waals surface area contributed by atoms with Crippen LogP contribution in [0.15, 0.2) is 93.3 Å². The third-order valence-corrected chi connectivity index (χ3v) is 13.1. The normalized spacial score (nSPS) is 11.9. The second-order valence-corrected chi connectivity index (χ2v) is 20.7. The summed E-state index contributed by atoms with van der Waals surface area (Å²) in [5.74, 6) is -4.20. The van der Waals surface area contributed by atoms with Crippen molar-refractivity contribution in [1.29, 1.82) is 0 Å². The van der Waals surface area contributed by atoms with E-state index in [1.54, 1.807) is 6.92 Å². The molecule has 2 aromatic heterocycles. The highest BCUT2D eigenvalue weighted by Gasteiger charge is 2.27. The number of phenolic OH excluding ortho intramolecular Hbond substituents is 1. The molecule has 0 atom stereocenters. The zero-order valence-electron chi connectivity index (χ0n) is 36.3. The monoisotopic (exact) mass is 1120 g/mol. The third kappa shape index (κ3) is 15.0. The highest BCUT2D eigenvalue weighted by Crippen LogP contribution is 2.44. The van der Waals surface area contributed by atoms with Gasteiger partial charge in [0.2, 0.25) is 5.88 Å². The van der Waals surface area contributed by atoms with Crippen molar-refractivity contribution in [2.45, 2.75) is 41.3 Å². The van der Waals surface area contributed by atoms with Crippen molar-refractivity contribution in [3.05, 3.63) is 65.4 Å². The Hall–Kier alpha value is -7.54. The Labute approximate surface area is 413 Å². The molecule has 0 aliphatic heterocycles. The van der Waals surface area contributed by atoms with E-state index in [2.05, 4.69) is 46.0 Å². The Morgan fingerprint density at radius 3 is 1.99 bits per heavy atom. The standard InChI is InChI=1S/C35H32N10O15S5.CO2.O3S/c1-4-61-35-43-42-34(62-35)41-38-24-15-27(60-10-5-11-63(51,52)53)25(12-16(24)2)39-36-22-8-7-20-19(29(22)46)6-9-23(31(20)65(57,58)59)37-40-28-17(3)44-45(32(28)48)26-14-18(64(54,55)56)13-21(30(26)47)33(49)50;2-1-3;1-4(2)3/h6-9,12-15,46-48H,4-5,10-11H2,1-3H3,(H,49,50)(H,51,52,53)(H,54,55,56)(H,57,58,59);;. The zero-order chi connectivity index (χ0) is 53.9. The minimum atomic E-state index is -5.17. The van der Waals surface area contributed by atoms with Gasteiger partial charge in [0.05, 0.1) is 28.6 Å². The third-order valence-electron chi connectivity index (χ3n) is 8.68. The van der Waals surface area contributed by atoms with E-state index in [1.165, 1.54) is 48.2 Å². The summed E-state index contributed by atoms with van der Waals surface area (Å²) in [6.07, 6.45) is 0.143. The lowest BCUT2D eigenvalue weighted by Crippen LogP contribution is -2.08. The molecule has 0 amide bonds. The number of ether oxygens (including phenoxy) is 1. The number of carboxylic acid groups (broad SMARTS) is 1. The predicted molar refractivity (Wildman–Crippen MR) is 245 cm³/mol. The molecule has 2 heterocycles. The van der Waals surface area contributed by atoms with Crippen LogP contribution >= 0.6 is 23.1 Å². The van der Waals surface area contributed by atoms with Gasteiger partial charge in [-0.05, 0) is 68.0 Å². The fourth-order valence-electron chi connectivity index (χ4n) is 5.75. The van der Waals surface area contributed by atoms with Crippen LogP contribution in [-0.4, -0.2) is 122 Å². The molecule has 0 bridgehead atoms. The lowest BCUT2D eigenvalue weighted by atomic mass is 10.1. The number of hydrogen-bond acceptors (Lipinski definition) is 27. The van der Waals surface area contributed by atoms with Gasteiger partial charge in [0, 0.05) is 16.8 Å². The minimum Gasteiger partial charge on any atom is -0.505 e. The van der Waals surface area contributed by atoms with Crippen LogP contribution in [0.3, 0.4) is 0 Å². The van der Waals surface area contributed by atoms with Crippen molar-refractivity contribution in [3.8, 4) is 28.8 Å². The van der Waals surface area contributed by atoms with Gasteiger partial charge in [0.15, 0.2) is 21.5 Å². The fraction of sp³-hybridized carbons (Fsp3) is 0.194. The minimum absolute atomic E-state index is 0.0484. The molecule has 382 valence electrons. The van der Waals surface area contributed by atoms with Crippen LogP contribution in [-0.2, 0) is 50.6 Å². The maximum atomic E-state index is 12.8. The number of aryl methyl sites for hydroxylation is 2. The van der Waals surface area contributed by atoms with Gasteiger partial charge in [-0.3, -0.25) is 13.7 Å². The average molecular weight is 1120 g/mol. The van der Waals surface area contributed by atoms with Crippen molar-refractivity contribution in [3.63, 3.8) is 0 Å². The number of carboxylic acids is 1. The van der Waals surface area contributed by atoms with E-state index in [1.807, 2.05) is 6.92 Å². The Morgan fingerprint density at radius 1 is 0.792 bits per heavy atom. The number of azo groups is 3. The number of aromatic hydroxyl groups is 3. The van der Waals surface area contributed by atoms with Gasteiger partial charge in [0.25, 0.3) is 35.5 Å². The average Bonchev–Trinajstić information content (AvgIpc) is 3.84. The van der Waals surface area contributed by atoms with Gasteiger partial charge in [-0.2, -0.15) is 44.6 Å². The van der Waals surface area contributed by atoms with E-state index >= 15 is 0 Å². The van der Waals surface area contributed by atoms with Gasteiger partial charge in [-0.15, -0.1) is 53.5 Å². The zero-order valence-corrected chi connectivity index (χ0v) is 41.2. The summed E-state index contributed by atoms with van der Waals surface area (Å²) in [5, 5.41) is 78.5. The largest absolute Gasteiger partial charge is 0.505 e. The Kier molecular flexibility index (Phi) is 19.1. The Balaban J connectivity index is 0.00000151. The first-order chi connectivity index (χ1) is 33.6. The lowest BCUT2D eigenvalue weighted by Gasteiger charge is -2.11. The van der Waals surface area contributed by atoms with E-state index in [0.717, 1.165) is 24.0 Å². The number of phenols is 2. The van der Waals surface area contributed by atoms with E-state index in [9.17, 15) is 59.6 Å². The molecule has 4 aromatic carbocycles. The highest BCUT2D eigenvalue weighted by molar-refractivity contribution is 8.01. The maximum absolute atomic E-state index is 12.8. The van der Waals surface area contributed by atoms with E-state index in [4.69, 9.17) is 31.5 Å². The number of fused-ring (bicyclic) bond motifs is 1. The number of hydrogen-bond donors (Lipinski definition) is 7. The highest BCUT2D eigenvalue weighted by atomic mass is 32.2. The summed E-state index contributed by atoms with van der Waals surface area (Å²) >= 11 is 2.70. The lowest BCUT2D eigenvalue weighted by molar-refractivity contribution is -0.191. The molecule has 36 heteroatoms. The molecule has 30 nitrogen and oxygen atoms in total. The molecule has 0 fully saturated rings. The van der Waals surface area contributed by atoms with Crippen molar-refractivity contribution in [1.82, 2.24) is 20.0 Å². The van der Waals surface area contributed by atoms with Crippen LogP contribution in [0.5, 0.6) is 23.1 Å². The number of thioether (sulfide) groups is 1. The summed E-state index contributed by atoms with van der Waals surface area (Å²) in [4.78, 5) is 26.1. The van der Waals surface area contributed by atoms with Crippen LogP contribution in [0.4, 0.5) is 33.6 Å². The summed E-state index contributed by atoms with van der Waals surface area (Å²) in [6, 6.07) is 8.60. The quantitative estimate of drug-likeness (QED) is 0.0230. The first-order valence-corrected chi connectivity index (χ1v) is 26.2. The number of aromatic carboxylic acids is 1. The van der Waals surface area contributed by atoms with Gasteiger partial charge in [-0.25, -0.2) is 4.79 Å². The smallest absolute Gasteiger partial charge is 0.425 e. The van der Waals surface area contributed by atoms with Crippen LogP contribution in [0.25, 0.3) is 16.5 Å². The molecule has 0 spiro atoms. The number of rotatable bonds is 17. The summed E-state index contributed by atoms with van der Waals surface area (Å²) in [7, 11) is -17.6. The molecule has 6 rings (SSSR count). The molecular formula is C36H32N10O20S6. The number of carbonyl (C=O) groups excluding carboxylic acids is 2. The van der Waals surface area contributed by atoms with E-state index < -0.39 is 102 Å². The Morgan fingerprint density at radius 2 is 1.39 bits per heavy atom. The molecule has 0 aliphatic carbocycles. The number of nitrogens with zero attached hydrogens (tertiary/aromatic N) is 10. The topological polar surface area (TPSA) is 473 Å². The first-order valence-electron chi connectivity index (χ1n) is 18.9. The molecule has 0 radical (unpaired) electrons. The molecular weight excluding hydrogens is 1080 g/mol. The fourth-order valence-corrected chi connectivity index (χ4v) is 9.15. The van der Waals surface area contributed by atoms with Crippen LogP contribution in [0.1, 0.15) is 35.0 Å². The number of carbonyl (C=O) groups is 1. The van der Waals surface area contributed by atoms with Gasteiger partial charge in [0.1, 0.15) is 39.0 Å². The molecule has 0 saturated heterocycles. The summed E-state index contributed by atoms with van der Waals surface area (Å²) in [6.45, 7) is 4.70. The van der Waals surface area contributed by atoms with Crippen LogP contribution in [0, 0.1) is 13.8 Å². The molecule has 72 heavy (non-hydrogen) atoms. The van der Waals surface area contributed by atoms with Crippen molar-refractivity contribution >= 4 is 121 Å². The molecule has 6 aromatic rings. The second kappa shape index (κ2) is 24.0. The molecule has 0 unspecified atom stereocenters. The van der Waals surface area contributed by atoms with Crippen LogP contribution < -0.4 is 4.74 Å². The van der Waals surface area contributed by atoms with E-state index in [-0.39, 0.29) is 57.9 Å². The maximum Gasteiger partial charge on any atom is 0.425 e. The molecule has 0 saturated carbocycles. The van der Waals surface area contributed by atoms with Crippen LogP contribution in [0.2, 0.25) is 0 Å². The van der Waals surface area contributed by atoms with Gasteiger partial charge in [-0.1, -0.05) is 36.1 Å².